The van der Waals surface area contributed by atoms with E-state index in [1.54, 1.807) is 17.5 Å². The molecule has 0 bridgehead atoms. The second-order valence-electron chi connectivity index (χ2n) is 3.43. The Bertz CT molecular complexity index is 325. The normalized spacial score (nSPS) is 12.5. The molecule has 4 nitrogen and oxygen atoms in total. The number of thiazole rings is 1. The van der Waals surface area contributed by atoms with Crippen LogP contribution in [0.15, 0.2) is 6.20 Å². The molecule has 1 aromatic heterocycles. The Morgan fingerprint density at radius 1 is 1.73 bits per heavy atom. The molecule has 5 heteroatoms. The fourth-order valence-corrected chi connectivity index (χ4v) is 1.96. The van der Waals surface area contributed by atoms with E-state index in [-0.39, 0.29) is 18.6 Å². The molecule has 15 heavy (non-hydrogen) atoms. The highest BCUT2D eigenvalue weighted by molar-refractivity contribution is 7.11. The van der Waals surface area contributed by atoms with Crippen molar-refractivity contribution in [2.45, 2.75) is 32.7 Å². The number of carbonyl (C=O) groups excluding carboxylic acids is 1. The topological polar surface area (TPSA) is 62.2 Å². The zero-order valence-electron chi connectivity index (χ0n) is 8.99. The van der Waals surface area contributed by atoms with E-state index in [1.807, 2.05) is 13.8 Å². The van der Waals surface area contributed by atoms with Gasteiger partial charge in [0.1, 0.15) is 5.01 Å². The van der Waals surface area contributed by atoms with Gasteiger partial charge in [-0.3, -0.25) is 4.79 Å². The Morgan fingerprint density at radius 3 is 3.00 bits per heavy atom. The fourth-order valence-electron chi connectivity index (χ4n) is 1.19. The van der Waals surface area contributed by atoms with Gasteiger partial charge >= 0.3 is 0 Å². The third-order valence-electron chi connectivity index (χ3n) is 1.95. The number of aryl methyl sites for hydroxylation is 1. The Morgan fingerprint density at radius 2 is 2.47 bits per heavy atom. The molecule has 1 atom stereocenters. The lowest BCUT2D eigenvalue weighted by atomic mass is 10.3. The summed E-state index contributed by atoms with van der Waals surface area (Å²) in [6.45, 7) is 3.95. The fraction of sp³-hybridized carbons (Fsp3) is 0.600. The molecule has 0 fully saturated rings. The summed E-state index contributed by atoms with van der Waals surface area (Å²) in [7, 11) is 0. The minimum absolute atomic E-state index is 0.0376. The number of aliphatic hydroxyl groups excluding tert-OH is 1. The van der Waals surface area contributed by atoms with Crippen LogP contribution in [0, 0.1) is 6.92 Å². The summed E-state index contributed by atoms with van der Waals surface area (Å²) in [5.41, 5.74) is 0. The number of aromatic nitrogens is 1. The van der Waals surface area contributed by atoms with Gasteiger partial charge in [-0.25, -0.2) is 4.98 Å². The van der Waals surface area contributed by atoms with Gasteiger partial charge < -0.3 is 10.4 Å². The largest absolute Gasteiger partial charge is 0.396 e. The van der Waals surface area contributed by atoms with E-state index < -0.39 is 0 Å². The Hall–Kier alpha value is -0.940. The van der Waals surface area contributed by atoms with Crippen LogP contribution in [0.25, 0.3) is 0 Å². The molecule has 1 aromatic rings. The number of nitrogens with one attached hydrogen (secondary N) is 1. The Kier molecular flexibility index (Phi) is 4.71. The van der Waals surface area contributed by atoms with E-state index in [0.29, 0.717) is 12.8 Å². The first-order chi connectivity index (χ1) is 7.13. The maximum absolute atomic E-state index is 11.3. The quantitative estimate of drug-likeness (QED) is 0.800. The maximum atomic E-state index is 11.3. The summed E-state index contributed by atoms with van der Waals surface area (Å²) in [6.07, 6.45) is 2.68. The first-order valence-corrected chi connectivity index (χ1v) is 5.77. The van der Waals surface area contributed by atoms with Gasteiger partial charge in [-0.05, 0) is 20.3 Å². The number of hydrogen-bond acceptors (Lipinski definition) is 4. The lowest BCUT2D eigenvalue weighted by Crippen LogP contribution is -2.26. The van der Waals surface area contributed by atoms with Crippen molar-refractivity contribution >= 4 is 17.2 Å². The van der Waals surface area contributed by atoms with Crippen LogP contribution in [0.5, 0.6) is 0 Å². The molecular formula is C10H16N2O2S. The monoisotopic (exact) mass is 228 g/mol. The molecule has 0 aliphatic heterocycles. The highest BCUT2D eigenvalue weighted by Gasteiger charge is 2.11. The van der Waals surface area contributed by atoms with E-state index in [2.05, 4.69) is 10.3 Å². The van der Waals surface area contributed by atoms with E-state index in [4.69, 9.17) is 5.11 Å². The zero-order valence-corrected chi connectivity index (χ0v) is 9.80. The van der Waals surface area contributed by atoms with Gasteiger partial charge in [0.25, 0.3) is 0 Å². The second-order valence-corrected chi connectivity index (χ2v) is 4.69. The van der Waals surface area contributed by atoms with E-state index in [9.17, 15) is 4.79 Å². The minimum atomic E-state index is -0.0464. The van der Waals surface area contributed by atoms with Crippen LogP contribution in [0.3, 0.4) is 0 Å². The number of nitrogens with zero attached hydrogens (tertiary/aromatic N) is 1. The number of amides is 1. The SMILES string of the molecule is Cc1cnc(C(C)NC(=O)CCCO)s1. The van der Waals surface area contributed by atoms with Gasteiger partial charge in [0, 0.05) is 24.1 Å². The molecule has 1 amide bonds. The van der Waals surface area contributed by atoms with E-state index >= 15 is 0 Å². The molecule has 1 rings (SSSR count). The van der Waals surface area contributed by atoms with Crippen molar-refractivity contribution in [1.82, 2.24) is 10.3 Å². The van der Waals surface area contributed by atoms with Crippen LogP contribution >= 0.6 is 11.3 Å². The Balaban J connectivity index is 2.41. The maximum Gasteiger partial charge on any atom is 0.220 e. The van der Waals surface area contributed by atoms with Crippen LogP contribution < -0.4 is 5.32 Å². The third-order valence-corrected chi connectivity index (χ3v) is 3.04. The average molecular weight is 228 g/mol. The Labute approximate surface area is 93.4 Å². The van der Waals surface area contributed by atoms with Gasteiger partial charge in [-0.1, -0.05) is 0 Å². The van der Waals surface area contributed by atoms with Gasteiger partial charge in [0.2, 0.25) is 5.91 Å². The summed E-state index contributed by atoms with van der Waals surface area (Å²) in [6, 6.07) is -0.0464. The smallest absolute Gasteiger partial charge is 0.220 e. The molecule has 0 aliphatic rings. The van der Waals surface area contributed by atoms with Crippen LogP contribution in [0.2, 0.25) is 0 Å². The molecule has 0 aromatic carbocycles. The average Bonchev–Trinajstić information content (AvgIpc) is 2.61. The third kappa shape index (κ3) is 3.97. The van der Waals surface area contributed by atoms with Crippen molar-refractivity contribution in [1.29, 1.82) is 0 Å². The molecule has 84 valence electrons. The highest BCUT2D eigenvalue weighted by Crippen LogP contribution is 2.18. The summed E-state index contributed by atoms with van der Waals surface area (Å²) in [5.74, 6) is -0.0376. The van der Waals surface area contributed by atoms with Gasteiger partial charge in [-0.2, -0.15) is 0 Å². The van der Waals surface area contributed by atoms with Crippen molar-refractivity contribution < 1.29 is 9.90 Å². The molecular weight excluding hydrogens is 212 g/mol. The number of aliphatic hydroxyl groups is 1. The predicted octanol–water partition coefficient (Wildman–Crippen LogP) is 1.40. The predicted molar refractivity (Wildman–Crippen MR) is 59.7 cm³/mol. The molecule has 0 saturated heterocycles. The first kappa shape index (κ1) is 12.1. The van der Waals surface area contributed by atoms with E-state index in [1.165, 1.54) is 0 Å². The van der Waals surface area contributed by atoms with Crippen molar-refractivity contribution in [3.63, 3.8) is 0 Å². The van der Waals surface area contributed by atoms with Crippen molar-refractivity contribution in [2.24, 2.45) is 0 Å². The summed E-state index contributed by atoms with van der Waals surface area (Å²) in [5, 5.41) is 12.3. The molecule has 1 heterocycles. The molecule has 0 radical (unpaired) electrons. The van der Waals surface area contributed by atoms with Crippen LogP contribution in [-0.2, 0) is 4.79 Å². The van der Waals surface area contributed by atoms with Gasteiger partial charge in [-0.15, -0.1) is 11.3 Å². The standard InChI is InChI=1S/C10H16N2O2S/c1-7-6-11-10(15-7)8(2)12-9(14)4-3-5-13/h6,8,13H,3-5H2,1-2H3,(H,12,14). The number of hydrogen-bond donors (Lipinski definition) is 2. The van der Waals surface area contributed by atoms with Crippen LogP contribution in [0.1, 0.15) is 35.7 Å². The first-order valence-electron chi connectivity index (χ1n) is 4.96. The molecule has 0 saturated carbocycles. The van der Waals surface area contributed by atoms with Gasteiger partial charge in [0.05, 0.1) is 6.04 Å². The second kappa shape index (κ2) is 5.82. The molecule has 2 N–H and O–H groups in total. The number of carbonyl (C=O) groups is 1. The summed E-state index contributed by atoms with van der Waals surface area (Å²) < 4.78 is 0. The van der Waals surface area contributed by atoms with Gasteiger partial charge in [0.15, 0.2) is 0 Å². The van der Waals surface area contributed by atoms with Crippen molar-refractivity contribution in [3.8, 4) is 0 Å². The molecule has 0 spiro atoms. The summed E-state index contributed by atoms with van der Waals surface area (Å²) in [4.78, 5) is 16.7. The molecule has 0 aliphatic carbocycles. The molecule has 1 unspecified atom stereocenters. The van der Waals surface area contributed by atoms with Crippen LogP contribution in [0.4, 0.5) is 0 Å². The van der Waals surface area contributed by atoms with E-state index in [0.717, 1.165) is 9.88 Å². The lowest BCUT2D eigenvalue weighted by Gasteiger charge is -2.10. The van der Waals surface area contributed by atoms with Crippen molar-refractivity contribution in [2.75, 3.05) is 6.61 Å². The lowest BCUT2D eigenvalue weighted by molar-refractivity contribution is -0.122. The highest BCUT2D eigenvalue weighted by atomic mass is 32.1. The number of rotatable bonds is 5. The zero-order chi connectivity index (χ0) is 11.3. The van der Waals surface area contributed by atoms with Crippen molar-refractivity contribution in [3.05, 3.63) is 16.1 Å². The van der Waals surface area contributed by atoms with Crippen LogP contribution in [-0.4, -0.2) is 22.6 Å². The minimum Gasteiger partial charge on any atom is -0.396 e. The summed E-state index contributed by atoms with van der Waals surface area (Å²) >= 11 is 1.59.